The molecule has 4 unspecified atom stereocenters. The number of hydrogen-bond donors (Lipinski definition) is 0. The van der Waals surface area contributed by atoms with Crippen molar-refractivity contribution in [2.45, 2.75) is 50.0 Å². The van der Waals surface area contributed by atoms with Crippen molar-refractivity contribution >= 4 is 0 Å². The molecule has 1 aromatic rings. The molecule has 2 bridgehead atoms. The van der Waals surface area contributed by atoms with Gasteiger partial charge >= 0.3 is 0 Å². The van der Waals surface area contributed by atoms with Crippen LogP contribution in [0.25, 0.3) is 0 Å². The highest BCUT2D eigenvalue weighted by Gasteiger charge is 2.56. The highest BCUT2D eigenvalue weighted by Crippen LogP contribution is 2.63. The molecule has 0 saturated heterocycles. The third kappa shape index (κ3) is 2.15. The topological polar surface area (TPSA) is 12.5 Å². The summed E-state index contributed by atoms with van der Waals surface area (Å²) in [5.74, 6) is 2.44. The molecule has 120 valence electrons. The number of ether oxygens (including phenoxy) is 1. The van der Waals surface area contributed by atoms with E-state index in [2.05, 4.69) is 43.3 Å². The average molecular weight is 299 g/mol. The van der Waals surface area contributed by atoms with Crippen molar-refractivity contribution < 1.29 is 4.74 Å². The molecular weight excluding hydrogens is 270 g/mol. The normalized spacial score (nSPS) is 36.2. The Bertz CT molecular complexity index is 540. The van der Waals surface area contributed by atoms with E-state index in [1.807, 2.05) is 0 Å². The molecule has 22 heavy (non-hydrogen) atoms. The minimum absolute atomic E-state index is 0.0203. The average Bonchev–Trinajstić information content (AvgIpc) is 2.55. The Morgan fingerprint density at radius 3 is 2.82 bits per heavy atom. The first kappa shape index (κ1) is 14.7. The van der Waals surface area contributed by atoms with Crippen LogP contribution in [0.4, 0.5) is 0 Å². The monoisotopic (exact) mass is 299 g/mol. The molecule has 0 heterocycles. The van der Waals surface area contributed by atoms with Crippen molar-refractivity contribution in [3.63, 3.8) is 0 Å². The lowest BCUT2D eigenvalue weighted by atomic mass is 9.50. The van der Waals surface area contributed by atoms with Gasteiger partial charge in [-0.3, -0.25) is 0 Å². The lowest BCUT2D eigenvalue weighted by Gasteiger charge is -2.58. The minimum atomic E-state index is 0.0203. The summed E-state index contributed by atoms with van der Waals surface area (Å²) in [7, 11) is 4.27. The summed E-state index contributed by atoms with van der Waals surface area (Å²) in [6, 6.07) is 9.19. The van der Waals surface area contributed by atoms with Crippen LogP contribution in [0.3, 0.4) is 0 Å². The Hall–Kier alpha value is -0.860. The van der Waals surface area contributed by atoms with Crippen LogP contribution in [0.1, 0.15) is 55.6 Å². The minimum Gasteiger partial charge on any atom is -0.369 e. The van der Waals surface area contributed by atoms with Crippen molar-refractivity contribution in [3.8, 4) is 0 Å². The fourth-order valence-electron chi connectivity index (χ4n) is 5.58. The summed E-state index contributed by atoms with van der Waals surface area (Å²) < 4.78 is 6.72. The lowest BCUT2D eigenvalue weighted by molar-refractivity contribution is -0.162. The molecule has 0 aromatic heterocycles. The van der Waals surface area contributed by atoms with E-state index in [1.54, 1.807) is 5.56 Å². The van der Waals surface area contributed by atoms with E-state index < -0.39 is 0 Å². The SMILES string of the molecule is CN(C)CCOC12CCC(c3ccccc31)C1CCCCC12. The van der Waals surface area contributed by atoms with Gasteiger partial charge in [-0.25, -0.2) is 0 Å². The van der Waals surface area contributed by atoms with Crippen LogP contribution in [0.15, 0.2) is 24.3 Å². The molecule has 2 fully saturated rings. The number of likely N-dealkylation sites (N-methyl/N-ethyl adjacent to an activating group) is 1. The van der Waals surface area contributed by atoms with Gasteiger partial charge < -0.3 is 9.64 Å². The van der Waals surface area contributed by atoms with Gasteiger partial charge in [0.25, 0.3) is 0 Å². The predicted molar refractivity (Wildman–Crippen MR) is 90.0 cm³/mol. The summed E-state index contributed by atoms with van der Waals surface area (Å²) in [6.07, 6.45) is 8.19. The van der Waals surface area contributed by atoms with Crippen molar-refractivity contribution in [1.29, 1.82) is 0 Å². The van der Waals surface area contributed by atoms with E-state index in [0.29, 0.717) is 0 Å². The van der Waals surface area contributed by atoms with E-state index in [9.17, 15) is 0 Å². The van der Waals surface area contributed by atoms with E-state index in [0.717, 1.165) is 30.9 Å². The molecule has 4 aliphatic carbocycles. The highest BCUT2D eigenvalue weighted by atomic mass is 16.5. The third-order valence-electron chi connectivity index (χ3n) is 6.48. The summed E-state index contributed by atoms with van der Waals surface area (Å²) in [5, 5.41) is 0. The van der Waals surface area contributed by atoms with Gasteiger partial charge in [-0.2, -0.15) is 0 Å². The standard InChI is InChI=1S/C20H29NO/c1-21(2)13-14-22-20-12-11-15(16-7-3-5-9-18(16)20)17-8-4-6-10-19(17)20/h3,5,7,9,15,17,19H,4,6,8,10-14H2,1-2H3. The molecule has 2 saturated carbocycles. The largest absolute Gasteiger partial charge is 0.369 e. The van der Waals surface area contributed by atoms with Gasteiger partial charge in [0.15, 0.2) is 0 Å². The van der Waals surface area contributed by atoms with E-state index in [1.165, 1.54) is 44.1 Å². The Labute approximate surface area is 134 Å². The molecule has 4 aliphatic rings. The maximum atomic E-state index is 6.72. The van der Waals surface area contributed by atoms with Crippen LogP contribution < -0.4 is 0 Å². The molecule has 1 aromatic carbocycles. The number of hydrogen-bond acceptors (Lipinski definition) is 2. The van der Waals surface area contributed by atoms with Crippen LogP contribution in [0, 0.1) is 11.8 Å². The summed E-state index contributed by atoms with van der Waals surface area (Å²) in [4.78, 5) is 2.23. The molecule has 2 heteroatoms. The molecule has 4 atom stereocenters. The van der Waals surface area contributed by atoms with Gasteiger partial charge in [-0.05, 0) is 68.7 Å². The summed E-state index contributed by atoms with van der Waals surface area (Å²) in [5.41, 5.74) is 3.17. The third-order valence-corrected chi connectivity index (χ3v) is 6.48. The van der Waals surface area contributed by atoms with Gasteiger partial charge in [0, 0.05) is 6.54 Å². The van der Waals surface area contributed by atoms with E-state index in [-0.39, 0.29) is 5.60 Å². The number of fused-ring (bicyclic) bond motifs is 1. The van der Waals surface area contributed by atoms with Crippen molar-refractivity contribution in [2.75, 3.05) is 27.2 Å². The Morgan fingerprint density at radius 1 is 1.14 bits per heavy atom. The van der Waals surface area contributed by atoms with Crippen LogP contribution in [0.5, 0.6) is 0 Å². The van der Waals surface area contributed by atoms with Gasteiger partial charge in [-0.1, -0.05) is 37.1 Å². The molecule has 0 radical (unpaired) electrons. The molecule has 0 aliphatic heterocycles. The zero-order valence-corrected chi connectivity index (χ0v) is 14.1. The van der Waals surface area contributed by atoms with E-state index in [4.69, 9.17) is 4.74 Å². The smallest absolute Gasteiger partial charge is 0.0965 e. The zero-order valence-electron chi connectivity index (χ0n) is 14.1. The Morgan fingerprint density at radius 2 is 1.95 bits per heavy atom. The molecule has 2 nitrogen and oxygen atoms in total. The molecular formula is C20H29NO. The Balaban J connectivity index is 1.72. The molecule has 5 rings (SSSR count). The first-order valence-corrected chi connectivity index (χ1v) is 9.10. The summed E-state index contributed by atoms with van der Waals surface area (Å²) >= 11 is 0. The van der Waals surface area contributed by atoms with Crippen LogP contribution in [-0.2, 0) is 10.3 Å². The molecule has 0 N–H and O–H groups in total. The first-order valence-electron chi connectivity index (χ1n) is 9.10. The number of benzene rings is 1. The highest BCUT2D eigenvalue weighted by molar-refractivity contribution is 5.42. The maximum absolute atomic E-state index is 6.72. The van der Waals surface area contributed by atoms with Crippen molar-refractivity contribution in [1.82, 2.24) is 4.90 Å². The van der Waals surface area contributed by atoms with Gasteiger partial charge in [0.05, 0.1) is 12.2 Å². The fraction of sp³-hybridized carbons (Fsp3) is 0.700. The quantitative estimate of drug-likeness (QED) is 0.828. The predicted octanol–water partition coefficient (Wildman–Crippen LogP) is 4.16. The lowest BCUT2D eigenvalue weighted by Crippen LogP contribution is -2.53. The number of rotatable bonds is 4. The second-order valence-corrected chi connectivity index (χ2v) is 7.83. The zero-order chi connectivity index (χ0) is 15.2. The molecule has 0 spiro atoms. The second kappa shape index (κ2) is 5.65. The van der Waals surface area contributed by atoms with Crippen LogP contribution in [-0.4, -0.2) is 32.1 Å². The van der Waals surface area contributed by atoms with E-state index >= 15 is 0 Å². The number of nitrogens with zero attached hydrogens (tertiary/aromatic N) is 1. The Kier molecular flexibility index (Phi) is 3.78. The van der Waals surface area contributed by atoms with Crippen LogP contribution in [0.2, 0.25) is 0 Å². The van der Waals surface area contributed by atoms with Crippen molar-refractivity contribution in [3.05, 3.63) is 35.4 Å². The van der Waals surface area contributed by atoms with Gasteiger partial charge in [0.2, 0.25) is 0 Å². The van der Waals surface area contributed by atoms with Crippen LogP contribution >= 0.6 is 0 Å². The first-order chi connectivity index (χ1) is 10.7. The summed E-state index contributed by atoms with van der Waals surface area (Å²) in [6.45, 7) is 1.87. The maximum Gasteiger partial charge on any atom is 0.0965 e. The van der Waals surface area contributed by atoms with Gasteiger partial charge in [-0.15, -0.1) is 0 Å². The molecule has 0 amide bonds. The second-order valence-electron chi connectivity index (χ2n) is 7.83. The van der Waals surface area contributed by atoms with Gasteiger partial charge in [0.1, 0.15) is 0 Å². The van der Waals surface area contributed by atoms with Crippen molar-refractivity contribution in [2.24, 2.45) is 11.8 Å². The fourth-order valence-corrected chi connectivity index (χ4v) is 5.58.